The Morgan fingerprint density at radius 2 is 2.00 bits per heavy atom. The Bertz CT molecular complexity index is 948. The van der Waals surface area contributed by atoms with Crippen LogP contribution in [0.15, 0.2) is 54.6 Å². The number of hydrogen-bond acceptors (Lipinski definition) is 3. The summed E-state index contributed by atoms with van der Waals surface area (Å²) in [5, 5.41) is 3.87. The third-order valence-corrected chi connectivity index (χ3v) is 4.62. The molecule has 26 heavy (non-hydrogen) atoms. The second kappa shape index (κ2) is 7.16. The molecule has 4 nitrogen and oxygen atoms in total. The molecule has 1 aromatic heterocycles. The number of aryl methyl sites for hydroxylation is 1. The van der Waals surface area contributed by atoms with Gasteiger partial charge in [0.1, 0.15) is 12.4 Å². The maximum Gasteiger partial charge on any atom is 0.252 e. The second-order valence-electron chi connectivity index (χ2n) is 6.81. The van der Waals surface area contributed by atoms with Gasteiger partial charge in [0.2, 0.25) is 0 Å². The van der Waals surface area contributed by atoms with Crippen molar-refractivity contribution in [3.05, 3.63) is 71.4 Å². The van der Waals surface area contributed by atoms with E-state index in [1.54, 1.807) is 0 Å². The van der Waals surface area contributed by atoms with Crippen LogP contribution in [0.25, 0.3) is 10.9 Å². The second-order valence-corrected chi connectivity index (χ2v) is 6.81. The number of rotatable bonds is 6. The van der Waals surface area contributed by atoms with E-state index in [0.29, 0.717) is 24.6 Å². The van der Waals surface area contributed by atoms with Crippen LogP contribution in [0.2, 0.25) is 0 Å². The molecule has 0 atom stereocenters. The molecule has 1 amide bonds. The third kappa shape index (κ3) is 3.69. The van der Waals surface area contributed by atoms with Gasteiger partial charge >= 0.3 is 0 Å². The van der Waals surface area contributed by atoms with Gasteiger partial charge in [0.15, 0.2) is 0 Å². The highest BCUT2D eigenvalue weighted by Crippen LogP contribution is 2.40. The van der Waals surface area contributed by atoms with Crippen molar-refractivity contribution >= 4 is 16.8 Å². The Hall–Kier alpha value is -2.88. The van der Waals surface area contributed by atoms with E-state index in [4.69, 9.17) is 9.72 Å². The van der Waals surface area contributed by atoms with Crippen LogP contribution in [0, 0.1) is 6.92 Å². The molecule has 4 heteroatoms. The van der Waals surface area contributed by atoms with Crippen LogP contribution in [0.4, 0.5) is 0 Å². The highest BCUT2D eigenvalue weighted by atomic mass is 16.5. The van der Waals surface area contributed by atoms with E-state index in [9.17, 15) is 4.79 Å². The van der Waals surface area contributed by atoms with Crippen molar-refractivity contribution in [3.8, 4) is 5.75 Å². The Kier molecular flexibility index (Phi) is 4.57. The molecule has 132 valence electrons. The largest absolute Gasteiger partial charge is 0.492 e. The number of nitrogens with zero attached hydrogens (tertiary/aromatic N) is 1. The lowest BCUT2D eigenvalue weighted by molar-refractivity contribution is 0.0948. The number of hydrogen-bond donors (Lipinski definition) is 1. The number of benzene rings is 2. The summed E-state index contributed by atoms with van der Waals surface area (Å²) < 4.78 is 5.71. The Morgan fingerprint density at radius 3 is 2.81 bits per heavy atom. The highest BCUT2D eigenvalue weighted by molar-refractivity contribution is 6.06. The Labute approximate surface area is 153 Å². The number of nitrogens with one attached hydrogen (secondary N) is 1. The maximum absolute atomic E-state index is 12.7. The quantitative estimate of drug-likeness (QED) is 0.680. The van der Waals surface area contributed by atoms with Gasteiger partial charge in [0.05, 0.1) is 17.6 Å². The number of pyridine rings is 1. The van der Waals surface area contributed by atoms with Crippen molar-refractivity contribution in [1.29, 1.82) is 0 Å². The number of fused-ring (bicyclic) bond motifs is 1. The van der Waals surface area contributed by atoms with Gasteiger partial charge in [-0.05, 0) is 49.6 Å². The summed E-state index contributed by atoms with van der Waals surface area (Å²) in [6.45, 7) is 2.93. The molecule has 0 spiro atoms. The molecule has 0 unspecified atom stereocenters. The molecular weight excluding hydrogens is 324 g/mol. The van der Waals surface area contributed by atoms with Gasteiger partial charge in [-0.1, -0.05) is 30.3 Å². The fourth-order valence-electron chi connectivity index (χ4n) is 3.11. The number of carbonyl (C=O) groups excluding carboxylic acids is 1. The number of carbonyl (C=O) groups is 1. The van der Waals surface area contributed by atoms with Gasteiger partial charge in [0, 0.05) is 17.0 Å². The zero-order valence-corrected chi connectivity index (χ0v) is 14.9. The van der Waals surface area contributed by atoms with Crippen molar-refractivity contribution in [1.82, 2.24) is 10.3 Å². The molecule has 1 saturated carbocycles. The first-order chi connectivity index (χ1) is 12.7. The smallest absolute Gasteiger partial charge is 0.252 e. The van der Waals surface area contributed by atoms with Gasteiger partial charge in [-0.3, -0.25) is 9.78 Å². The van der Waals surface area contributed by atoms with Crippen LogP contribution in [0.5, 0.6) is 5.75 Å². The third-order valence-electron chi connectivity index (χ3n) is 4.62. The van der Waals surface area contributed by atoms with Crippen molar-refractivity contribution < 1.29 is 9.53 Å². The zero-order chi connectivity index (χ0) is 17.9. The van der Waals surface area contributed by atoms with Crippen molar-refractivity contribution in [2.75, 3.05) is 13.2 Å². The minimum absolute atomic E-state index is 0.0710. The SMILES string of the molecule is Cc1cccc(OCCNC(=O)c2cc(C3CC3)nc3ccccc23)c1. The number of aromatic nitrogens is 1. The van der Waals surface area contributed by atoms with Crippen LogP contribution in [0.1, 0.15) is 40.4 Å². The van der Waals surface area contributed by atoms with Gasteiger partial charge in [-0.25, -0.2) is 0 Å². The molecule has 0 saturated heterocycles. The molecule has 4 rings (SSSR count). The summed E-state index contributed by atoms with van der Waals surface area (Å²) in [6, 6.07) is 17.7. The Balaban J connectivity index is 1.44. The fraction of sp³-hybridized carbons (Fsp3) is 0.273. The molecule has 0 bridgehead atoms. The molecule has 2 aromatic carbocycles. The maximum atomic E-state index is 12.7. The van der Waals surface area contributed by atoms with E-state index in [-0.39, 0.29) is 5.91 Å². The monoisotopic (exact) mass is 346 g/mol. The van der Waals surface area contributed by atoms with E-state index in [1.807, 2.05) is 61.5 Å². The van der Waals surface area contributed by atoms with E-state index < -0.39 is 0 Å². The first-order valence-corrected chi connectivity index (χ1v) is 9.08. The van der Waals surface area contributed by atoms with Crippen molar-refractivity contribution in [2.24, 2.45) is 0 Å². The van der Waals surface area contributed by atoms with Gasteiger partial charge in [-0.15, -0.1) is 0 Å². The lowest BCUT2D eigenvalue weighted by Gasteiger charge is -2.11. The molecule has 1 fully saturated rings. The number of ether oxygens (including phenoxy) is 1. The van der Waals surface area contributed by atoms with Crippen molar-refractivity contribution in [2.45, 2.75) is 25.7 Å². The van der Waals surface area contributed by atoms with E-state index in [1.165, 1.54) is 0 Å². The lowest BCUT2D eigenvalue weighted by Crippen LogP contribution is -2.28. The molecule has 1 aliphatic carbocycles. The van der Waals surface area contributed by atoms with Crippen LogP contribution in [-0.2, 0) is 0 Å². The summed E-state index contributed by atoms with van der Waals surface area (Å²) >= 11 is 0. The lowest BCUT2D eigenvalue weighted by atomic mass is 10.1. The minimum atomic E-state index is -0.0710. The van der Waals surface area contributed by atoms with Gasteiger partial charge < -0.3 is 10.1 Å². The predicted octanol–water partition coefficient (Wildman–Crippen LogP) is 4.23. The molecule has 1 N–H and O–H groups in total. The summed E-state index contributed by atoms with van der Waals surface area (Å²) in [5.41, 5.74) is 3.78. The zero-order valence-electron chi connectivity index (χ0n) is 14.9. The predicted molar refractivity (Wildman–Crippen MR) is 103 cm³/mol. The average molecular weight is 346 g/mol. The van der Waals surface area contributed by atoms with Crippen molar-refractivity contribution in [3.63, 3.8) is 0 Å². The summed E-state index contributed by atoms with van der Waals surface area (Å²) in [7, 11) is 0. The van der Waals surface area contributed by atoms with Crippen LogP contribution < -0.4 is 10.1 Å². The normalized spacial score (nSPS) is 13.6. The summed E-state index contributed by atoms with van der Waals surface area (Å²) in [5.74, 6) is 1.26. The highest BCUT2D eigenvalue weighted by Gasteiger charge is 2.26. The number of amides is 1. The topological polar surface area (TPSA) is 51.2 Å². The van der Waals surface area contributed by atoms with Crippen LogP contribution in [0.3, 0.4) is 0 Å². The summed E-state index contributed by atoms with van der Waals surface area (Å²) in [4.78, 5) is 17.4. The molecule has 0 aliphatic heterocycles. The van der Waals surface area contributed by atoms with Crippen LogP contribution >= 0.6 is 0 Å². The first-order valence-electron chi connectivity index (χ1n) is 9.08. The van der Waals surface area contributed by atoms with E-state index in [0.717, 1.165) is 40.8 Å². The van der Waals surface area contributed by atoms with E-state index >= 15 is 0 Å². The summed E-state index contributed by atoms with van der Waals surface area (Å²) in [6.07, 6.45) is 2.33. The van der Waals surface area contributed by atoms with E-state index in [2.05, 4.69) is 5.32 Å². The Morgan fingerprint density at radius 1 is 1.15 bits per heavy atom. The van der Waals surface area contributed by atoms with Gasteiger partial charge in [0.25, 0.3) is 5.91 Å². The standard InChI is InChI=1S/C22H22N2O2/c1-15-5-4-6-17(13-15)26-12-11-23-22(25)19-14-21(16-9-10-16)24-20-8-3-2-7-18(19)20/h2-8,13-14,16H,9-12H2,1H3,(H,23,25). The first kappa shape index (κ1) is 16.6. The van der Waals surface area contributed by atoms with Crippen LogP contribution in [-0.4, -0.2) is 24.0 Å². The molecule has 0 radical (unpaired) electrons. The minimum Gasteiger partial charge on any atom is -0.492 e. The average Bonchev–Trinajstić information content (AvgIpc) is 3.49. The molecule has 1 aliphatic rings. The molecular formula is C22H22N2O2. The molecule has 1 heterocycles. The molecule has 3 aromatic rings. The fourth-order valence-corrected chi connectivity index (χ4v) is 3.11. The number of para-hydroxylation sites is 1. The van der Waals surface area contributed by atoms with Gasteiger partial charge in [-0.2, -0.15) is 0 Å².